The van der Waals surface area contributed by atoms with E-state index in [0.29, 0.717) is 22.9 Å². The summed E-state index contributed by atoms with van der Waals surface area (Å²) in [7, 11) is 1.55. The molecule has 0 heterocycles. The van der Waals surface area contributed by atoms with Gasteiger partial charge in [0.15, 0.2) is 0 Å². The molecule has 4 heteroatoms. The molecule has 2 rings (SSSR count). The molecule has 1 fully saturated rings. The van der Waals surface area contributed by atoms with Crippen LogP contribution in [0.3, 0.4) is 0 Å². The van der Waals surface area contributed by atoms with E-state index >= 15 is 0 Å². The van der Waals surface area contributed by atoms with E-state index in [2.05, 4.69) is 6.92 Å². The SMILES string of the molecule is COc1cccc(C(C(=O)O)C2CCCC(C)C2)c1N. The summed E-state index contributed by atoms with van der Waals surface area (Å²) < 4.78 is 5.21. The van der Waals surface area contributed by atoms with Crippen LogP contribution >= 0.6 is 0 Å². The van der Waals surface area contributed by atoms with Gasteiger partial charge in [-0.3, -0.25) is 4.79 Å². The number of carboxylic acids is 1. The van der Waals surface area contributed by atoms with Crippen molar-refractivity contribution in [3.8, 4) is 5.75 Å². The van der Waals surface area contributed by atoms with E-state index in [0.717, 1.165) is 19.3 Å². The smallest absolute Gasteiger partial charge is 0.311 e. The van der Waals surface area contributed by atoms with E-state index in [1.807, 2.05) is 12.1 Å². The van der Waals surface area contributed by atoms with Gasteiger partial charge in [0, 0.05) is 0 Å². The van der Waals surface area contributed by atoms with Crippen molar-refractivity contribution in [2.45, 2.75) is 38.5 Å². The highest BCUT2D eigenvalue weighted by atomic mass is 16.5. The number of para-hydroxylation sites is 1. The lowest BCUT2D eigenvalue weighted by Gasteiger charge is -2.32. The minimum absolute atomic E-state index is 0.158. The predicted octanol–water partition coefficient (Wildman–Crippen LogP) is 3.27. The third-order valence-electron chi connectivity index (χ3n) is 4.37. The fraction of sp³-hybridized carbons (Fsp3) is 0.562. The second kappa shape index (κ2) is 6.16. The number of aliphatic carboxylic acids is 1. The number of carboxylic acid groups (broad SMARTS) is 1. The summed E-state index contributed by atoms with van der Waals surface area (Å²) in [6.07, 6.45) is 4.20. The first-order valence-electron chi connectivity index (χ1n) is 7.19. The largest absolute Gasteiger partial charge is 0.495 e. The highest BCUT2D eigenvalue weighted by Gasteiger charge is 2.34. The third kappa shape index (κ3) is 2.89. The molecule has 0 aromatic heterocycles. The van der Waals surface area contributed by atoms with E-state index in [-0.39, 0.29) is 5.92 Å². The fourth-order valence-electron chi connectivity index (χ4n) is 3.38. The molecule has 4 nitrogen and oxygen atoms in total. The molecule has 20 heavy (non-hydrogen) atoms. The van der Waals surface area contributed by atoms with Gasteiger partial charge >= 0.3 is 5.97 Å². The number of methoxy groups -OCH3 is 1. The number of nitrogens with two attached hydrogens (primary N) is 1. The van der Waals surface area contributed by atoms with Crippen LogP contribution in [0.25, 0.3) is 0 Å². The van der Waals surface area contributed by atoms with Gasteiger partial charge in [0.05, 0.1) is 18.7 Å². The van der Waals surface area contributed by atoms with Gasteiger partial charge in [-0.05, 0) is 36.3 Å². The number of rotatable bonds is 4. The van der Waals surface area contributed by atoms with E-state index in [9.17, 15) is 9.90 Å². The Bertz CT molecular complexity index is 487. The quantitative estimate of drug-likeness (QED) is 0.828. The number of hydrogen-bond acceptors (Lipinski definition) is 3. The van der Waals surface area contributed by atoms with E-state index in [1.54, 1.807) is 13.2 Å². The van der Waals surface area contributed by atoms with Gasteiger partial charge < -0.3 is 15.6 Å². The second-order valence-electron chi connectivity index (χ2n) is 5.81. The molecule has 3 unspecified atom stereocenters. The monoisotopic (exact) mass is 277 g/mol. The number of benzene rings is 1. The lowest BCUT2D eigenvalue weighted by Crippen LogP contribution is -2.27. The number of ether oxygens (including phenoxy) is 1. The summed E-state index contributed by atoms with van der Waals surface area (Å²) in [4.78, 5) is 11.8. The topological polar surface area (TPSA) is 72.5 Å². The second-order valence-corrected chi connectivity index (χ2v) is 5.81. The molecule has 1 aromatic carbocycles. The number of nitrogen functional groups attached to an aromatic ring is 1. The van der Waals surface area contributed by atoms with Crippen molar-refractivity contribution in [3.05, 3.63) is 23.8 Å². The Morgan fingerprint density at radius 1 is 1.45 bits per heavy atom. The molecule has 0 aliphatic heterocycles. The van der Waals surface area contributed by atoms with Crippen LogP contribution in [0.2, 0.25) is 0 Å². The van der Waals surface area contributed by atoms with E-state index in [4.69, 9.17) is 10.5 Å². The van der Waals surface area contributed by atoms with Crippen LogP contribution in [0.1, 0.15) is 44.1 Å². The molecule has 0 amide bonds. The summed E-state index contributed by atoms with van der Waals surface area (Å²) in [6, 6.07) is 5.39. The Morgan fingerprint density at radius 2 is 2.20 bits per heavy atom. The third-order valence-corrected chi connectivity index (χ3v) is 4.37. The number of anilines is 1. The van der Waals surface area contributed by atoms with Crippen molar-refractivity contribution < 1.29 is 14.6 Å². The molecule has 0 spiro atoms. The first-order valence-corrected chi connectivity index (χ1v) is 7.19. The Hall–Kier alpha value is -1.71. The van der Waals surface area contributed by atoms with Crippen LogP contribution in [0, 0.1) is 11.8 Å². The maximum absolute atomic E-state index is 11.8. The average Bonchev–Trinajstić information content (AvgIpc) is 2.41. The summed E-state index contributed by atoms with van der Waals surface area (Å²) in [5.41, 5.74) is 7.24. The van der Waals surface area contributed by atoms with Crippen LogP contribution in [-0.4, -0.2) is 18.2 Å². The molecular weight excluding hydrogens is 254 g/mol. The Kier molecular flexibility index (Phi) is 4.53. The maximum atomic E-state index is 11.8. The molecule has 1 saturated carbocycles. The molecule has 1 aromatic rings. The molecule has 1 aliphatic rings. The van der Waals surface area contributed by atoms with Crippen molar-refractivity contribution in [1.82, 2.24) is 0 Å². The average molecular weight is 277 g/mol. The van der Waals surface area contributed by atoms with Gasteiger partial charge in [0.2, 0.25) is 0 Å². The summed E-state index contributed by atoms with van der Waals surface area (Å²) in [5, 5.41) is 9.66. The predicted molar refractivity (Wildman–Crippen MR) is 78.9 cm³/mol. The first-order chi connectivity index (χ1) is 9.54. The molecule has 0 saturated heterocycles. The van der Waals surface area contributed by atoms with Gasteiger partial charge in [-0.2, -0.15) is 0 Å². The van der Waals surface area contributed by atoms with Crippen LogP contribution in [0.15, 0.2) is 18.2 Å². The first kappa shape index (κ1) is 14.7. The Labute approximate surface area is 119 Å². The zero-order chi connectivity index (χ0) is 14.7. The maximum Gasteiger partial charge on any atom is 0.311 e. The minimum Gasteiger partial charge on any atom is -0.495 e. The number of hydrogen-bond donors (Lipinski definition) is 2. The van der Waals surface area contributed by atoms with Crippen molar-refractivity contribution in [2.75, 3.05) is 12.8 Å². The van der Waals surface area contributed by atoms with Gasteiger partial charge in [-0.1, -0.05) is 31.9 Å². The van der Waals surface area contributed by atoms with Crippen LogP contribution in [0.5, 0.6) is 5.75 Å². The summed E-state index contributed by atoms with van der Waals surface area (Å²) >= 11 is 0. The van der Waals surface area contributed by atoms with Gasteiger partial charge in [0.1, 0.15) is 5.75 Å². The molecule has 110 valence electrons. The highest BCUT2D eigenvalue weighted by Crippen LogP contribution is 2.42. The normalized spacial score (nSPS) is 24.1. The van der Waals surface area contributed by atoms with Crippen LogP contribution in [-0.2, 0) is 4.79 Å². The molecule has 0 radical (unpaired) electrons. The molecule has 3 N–H and O–H groups in total. The van der Waals surface area contributed by atoms with Gasteiger partial charge in [-0.15, -0.1) is 0 Å². The Balaban J connectivity index is 2.36. The molecule has 3 atom stereocenters. The summed E-state index contributed by atoms with van der Waals surface area (Å²) in [5.74, 6) is -0.0254. The van der Waals surface area contributed by atoms with E-state index in [1.165, 1.54) is 6.42 Å². The van der Waals surface area contributed by atoms with Crippen LogP contribution < -0.4 is 10.5 Å². The summed E-state index contributed by atoms with van der Waals surface area (Å²) in [6.45, 7) is 2.19. The molecular formula is C16H23NO3. The lowest BCUT2D eigenvalue weighted by atomic mass is 9.73. The minimum atomic E-state index is -0.788. The zero-order valence-electron chi connectivity index (χ0n) is 12.1. The molecule has 0 bridgehead atoms. The lowest BCUT2D eigenvalue weighted by molar-refractivity contribution is -0.140. The fourth-order valence-corrected chi connectivity index (χ4v) is 3.38. The van der Waals surface area contributed by atoms with E-state index < -0.39 is 11.9 Å². The highest BCUT2D eigenvalue weighted by molar-refractivity contribution is 5.80. The number of carbonyl (C=O) groups is 1. The van der Waals surface area contributed by atoms with Gasteiger partial charge in [0.25, 0.3) is 0 Å². The van der Waals surface area contributed by atoms with Crippen molar-refractivity contribution in [3.63, 3.8) is 0 Å². The Morgan fingerprint density at radius 3 is 2.80 bits per heavy atom. The zero-order valence-corrected chi connectivity index (χ0v) is 12.1. The van der Waals surface area contributed by atoms with Crippen molar-refractivity contribution >= 4 is 11.7 Å². The molecule has 1 aliphatic carbocycles. The van der Waals surface area contributed by atoms with Crippen LogP contribution in [0.4, 0.5) is 5.69 Å². The van der Waals surface area contributed by atoms with Gasteiger partial charge in [-0.25, -0.2) is 0 Å². The standard InChI is InChI=1S/C16H23NO3/c1-10-5-3-6-11(9-10)14(16(18)19)12-7-4-8-13(20-2)15(12)17/h4,7-8,10-11,14H,3,5-6,9,17H2,1-2H3,(H,18,19). The van der Waals surface area contributed by atoms with Crippen molar-refractivity contribution in [1.29, 1.82) is 0 Å². The van der Waals surface area contributed by atoms with Crippen molar-refractivity contribution in [2.24, 2.45) is 11.8 Å².